The van der Waals surface area contributed by atoms with Gasteiger partial charge in [0.1, 0.15) is 0 Å². The summed E-state index contributed by atoms with van der Waals surface area (Å²) in [5.74, 6) is 0.348. The third kappa shape index (κ3) is 2.39. The Hall–Kier alpha value is -0.460. The number of hydrogen-bond donors (Lipinski definition) is 0. The van der Waals surface area contributed by atoms with Gasteiger partial charge >= 0.3 is 0 Å². The summed E-state index contributed by atoms with van der Waals surface area (Å²) in [6.07, 6.45) is 3.00. The lowest BCUT2D eigenvalue weighted by Gasteiger charge is -2.14. The number of halogens is 1. The third-order valence-corrected chi connectivity index (χ3v) is 4.80. The smallest absolute Gasteiger partial charge is 0.211 e. The highest BCUT2D eigenvalue weighted by Gasteiger charge is 2.30. The van der Waals surface area contributed by atoms with Crippen LogP contribution in [0, 0.1) is 0 Å². The van der Waals surface area contributed by atoms with E-state index in [4.69, 9.17) is 0 Å². The number of nitrogens with zero attached hydrogens (tertiary/aromatic N) is 2. The van der Waals surface area contributed by atoms with Gasteiger partial charge in [-0.05, 0) is 33.0 Å². The highest BCUT2D eigenvalue weighted by molar-refractivity contribution is 9.10. The second-order valence-corrected chi connectivity index (χ2v) is 7.47. The van der Waals surface area contributed by atoms with Crippen molar-refractivity contribution < 1.29 is 8.42 Å². The summed E-state index contributed by atoms with van der Waals surface area (Å²) in [5, 5.41) is 0. The quantitative estimate of drug-likeness (QED) is 0.840. The van der Waals surface area contributed by atoms with Crippen molar-refractivity contribution in [1.29, 1.82) is 0 Å². The Morgan fingerprint density at radius 2 is 2.06 bits per heavy atom. The molecule has 1 aliphatic heterocycles. The monoisotopic (exact) mass is 318 g/mol. The number of aromatic nitrogens is 1. The Kier molecular flexibility index (Phi) is 3.31. The first-order valence-electron chi connectivity index (χ1n) is 5.42. The highest BCUT2D eigenvalue weighted by Crippen LogP contribution is 2.34. The van der Waals surface area contributed by atoms with Gasteiger partial charge in [0.15, 0.2) is 0 Å². The molecule has 17 heavy (non-hydrogen) atoms. The van der Waals surface area contributed by atoms with E-state index in [1.807, 2.05) is 0 Å². The molecule has 4 nitrogen and oxygen atoms in total. The molecule has 0 N–H and O–H groups in total. The highest BCUT2D eigenvalue weighted by atomic mass is 79.9. The Balaban J connectivity index is 2.49. The van der Waals surface area contributed by atoms with Crippen LogP contribution in [0.15, 0.2) is 10.7 Å². The first-order chi connectivity index (χ1) is 7.80. The van der Waals surface area contributed by atoms with E-state index in [1.165, 1.54) is 16.1 Å². The third-order valence-electron chi connectivity index (χ3n) is 2.97. The second-order valence-electron chi connectivity index (χ2n) is 4.63. The maximum Gasteiger partial charge on any atom is 0.211 e. The van der Waals surface area contributed by atoms with Crippen molar-refractivity contribution in [2.45, 2.75) is 32.9 Å². The van der Waals surface area contributed by atoms with E-state index in [1.54, 1.807) is 6.20 Å². The van der Waals surface area contributed by atoms with Gasteiger partial charge < -0.3 is 0 Å². The van der Waals surface area contributed by atoms with Crippen molar-refractivity contribution in [3.63, 3.8) is 0 Å². The Labute approximate surface area is 110 Å². The van der Waals surface area contributed by atoms with Crippen LogP contribution in [0.1, 0.15) is 36.6 Å². The van der Waals surface area contributed by atoms with Crippen LogP contribution < -0.4 is 0 Å². The summed E-state index contributed by atoms with van der Waals surface area (Å²) in [4.78, 5) is 4.31. The average molecular weight is 319 g/mol. The molecule has 1 aliphatic rings. The summed E-state index contributed by atoms with van der Waals surface area (Å²) in [5.41, 5.74) is 3.10. The molecule has 0 amide bonds. The fourth-order valence-electron chi connectivity index (χ4n) is 2.15. The summed E-state index contributed by atoms with van der Waals surface area (Å²) in [6.45, 7) is 5.03. The lowest BCUT2D eigenvalue weighted by atomic mass is 9.98. The Bertz CT molecular complexity index is 555. The predicted molar refractivity (Wildman–Crippen MR) is 70.1 cm³/mol. The number of hydrogen-bond acceptors (Lipinski definition) is 3. The molecule has 0 saturated carbocycles. The minimum atomic E-state index is -3.15. The molecule has 6 heteroatoms. The SMILES string of the molecule is CC(C)c1c(Br)cnc2c1CN(S(C)(=O)=O)C2. The number of sulfonamides is 1. The molecule has 0 saturated heterocycles. The molecule has 0 aliphatic carbocycles. The number of pyridine rings is 1. The topological polar surface area (TPSA) is 50.3 Å². The molecule has 0 bridgehead atoms. The molecule has 0 unspecified atom stereocenters. The zero-order valence-corrected chi connectivity index (χ0v) is 12.5. The van der Waals surface area contributed by atoms with Crippen LogP contribution >= 0.6 is 15.9 Å². The van der Waals surface area contributed by atoms with Crippen molar-refractivity contribution in [2.24, 2.45) is 0 Å². The molecular formula is C11H15BrN2O2S. The van der Waals surface area contributed by atoms with Gasteiger partial charge in [0.2, 0.25) is 10.0 Å². The van der Waals surface area contributed by atoms with Crippen LogP contribution in [0.5, 0.6) is 0 Å². The fourth-order valence-corrected chi connectivity index (χ4v) is 3.67. The molecule has 2 rings (SSSR count). The van der Waals surface area contributed by atoms with Gasteiger partial charge in [-0.3, -0.25) is 4.98 Å². The molecule has 1 aromatic heterocycles. The van der Waals surface area contributed by atoms with Crippen LogP contribution in [0.4, 0.5) is 0 Å². The lowest BCUT2D eigenvalue weighted by Crippen LogP contribution is -2.24. The standard InChI is InChI=1S/C11H15BrN2O2S/c1-7(2)11-8-5-14(17(3,15)16)6-10(8)13-4-9(11)12/h4,7H,5-6H2,1-3H3. The van der Waals surface area contributed by atoms with E-state index < -0.39 is 10.0 Å². The maximum atomic E-state index is 11.6. The first kappa shape index (κ1) is 13.0. The van der Waals surface area contributed by atoms with E-state index in [0.717, 1.165) is 15.7 Å². The van der Waals surface area contributed by atoms with E-state index in [2.05, 4.69) is 34.8 Å². The molecule has 0 radical (unpaired) electrons. The molecular weight excluding hydrogens is 304 g/mol. The zero-order valence-electron chi connectivity index (χ0n) is 10.1. The molecule has 2 heterocycles. The zero-order chi connectivity index (χ0) is 12.8. The first-order valence-corrected chi connectivity index (χ1v) is 8.06. The van der Waals surface area contributed by atoms with Crippen molar-refractivity contribution in [2.75, 3.05) is 6.26 Å². The maximum absolute atomic E-state index is 11.6. The van der Waals surface area contributed by atoms with Crippen molar-refractivity contribution in [1.82, 2.24) is 9.29 Å². The summed E-state index contributed by atoms with van der Waals surface area (Å²) in [6, 6.07) is 0. The molecule has 0 aromatic carbocycles. The molecule has 0 atom stereocenters. The van der Waals surface area contributed by atoms with Crippen molar-refractivity contribution >= 4 is 26.0 Å². The van der Waals surface area contributed by atoms with Gasteiger partial charge in [-0.2, -0.15) is 4.31 Å². The van der Waals surface area contributed by atoms with Crippen LogP contribution in [-0.2, 0) is 23.1 Å². The molecule has 0 fully saturated rings. The average Bonchev–Trinajstić information content (AvgIpc) is 2.59. The normalized spacial score (nSPS) is 16.5. The number of rotatable bonds is 2. The van der Waals surface area contributed by atoms with E-state index in [9.17, 15) is 8.42 Å². The van der Waals surface area contributed by atoms with E-state index in [0.29, 0.717) is 19.0 Å². The Morgan fingerprint density at radius 3 is 2.59 bits per heavy atom. The van der Waals surface area contributed by atoms with Crippen LogP contribution in [-0.4, -0.2) is 24.0 Å². The minimum Gasteiger partial charge on any atom is -0.258 e. The largest absolute Gasteiger partial charge is 0.258 e. The fraction of sp³-hybridized carbons (Fsp3) is 0.545. The van der Waals surface area contributed by atoms with Gasteiger partial charge in [-0.15, -0.1) is 0 Å². The molecule has 1 aromatic rings. The van der Waals surface area contributed by atoms with Crippen LogP contribution in [0.3, 0.4) is 0 Å². The Morgan fingerprint density at radius 1 is 1.41 bits per heavy atom. The lowest BCUT2D eigenvalue weighted by molar-refractivity contribution is 0.433. The van der Waals surface area contributed by atoms with Gasteiger partial charge in [0.05, 0.1) is 18.5 Å². The van der Waals surface area contributed by atoms with Crippen molar-refractivity contribution in [3.8, 4) is 0 Å². The summed E-state index contributed by atoms with van der Waals surface area (Å²) >= 11 is 3.49. The predicted octanol–water partition coefficient (Wildman–Crippen LogP) is 2.24. The van der Waals surface area contributed by atoms with Crippen molar-refractivity contribution in [3.05, 3.63) is 27.5 Å². The van der Waals surface area contributed by atoms with Gasteiger partial charge in [-0.1, -0.05) is 13.8 Å². The summed E-state index contributed by atoms with van der Waals surface area (Å²) < 4.78 is 25.5. The van der Waals surface area contributed by atoms with E-state index in [-0.39, 0.29) is 0 Å². The van der Waals surface area contributed by atoms with E-state index >= 15 is 0 Å². The summed E-state index contributed by atoms with van der Waals surface area (Å²) in [7, 11) is -3.15. The molecule has 94 valence electrons. The molecule has 0 spiro atoms. The number of fused-ring (bicyclic) bond motifs is 1. The second kappa shape index (κ2) is 4.33. The minimum absolute atomic E-state index is 0.348. The van der Waals surface area contributed by atoms with Gasteiger partial charge in [0, 0.05) is 17.2 Å². The van der Waals surface area contributed by atoms with Gasteiger partial charge in [0.25, 0.3) is 0 Å². The van der Waals surface area contributed by atoms with Crippen LogP contribution in [0.2, 0.25) is 0 Å². The van der Waals surface area contributed by atoms with Crippen LogP contribution in [0.25, 0.3) is 0 Å². The van der Waals surface area contributed by atoms with Gasteiger partial charge in [-0.25, -0.2) is 8.42 Å².